The van der Waals surface area contributed by atoms with E-state index in [9.17, 15) is 0 Å². The van der Waals surface area contributed by atoms with Crippen LogP contribution in [-0.2, 0) is 12.8 Å². The van der Waals surface area contributed by atoms with Crippen LogP contribution in [0.2, 0.25) is 0 Å². The summed E-state index contributed by atoms with van der Waals surface area (Å²) in [5, 5.41) is 0. The molecule has 4 heteroatoms. The second kappa shape index (κ2) is 6.66. The number of benzene rings is 1. The third-order valence-corrected chi connectivity index (χ3v) is 5.17. The molecule has 1 atom stereocenters. The van der Waals surface area contributed by atoms with E-state index >= 15 is 0 Å². The third kappa shape index (κ3) is 3.66. The van der Waals surface area contributed by atoms with Gasteiger partial charge >= 0.3 is 0 Å². The summed E-state index contributed by atoms with van der Waals surface area (Å²) in [4.78, 5) is 2.79. The van der Waals surface area contributed by atoms with Gasteiger partial charge in [0.2, 0.25) is 0 Å². The topological polar surface area (TPSA) is 38.0 Å². The van der Waals surface area contributed by atoms with Crippen LogP contribution in [0.3, 0.4) is 0 Å². The summed E-state index contributed by atoms with van der Waals surface area (Å²) in [5.41, 5.74) is 5.40. The highest BCUT2D eigenvalue weighted by molar-refractivity contribution is 9.10. The number of hydrogen-bond donors (Lipinski definition) is 2. The van der Waals surface area contributed by atoms with Gasteiger partial charge in [-0.25, -0.2) is 0 Å². The van der Waals surface area contributed by atoms with Crippen molar-refractivity contribution in [3.8, 4) is 0 Å². The number of nitrogens with one attached hydrogen (secondary N) is 1. The average molecular weight is 339 g/mol. The Balaban J connectivity index is 2.22. The summed E-state index contributed by atoms with van der Waals surface area (Å²) < 4.78 is 1.10. The molecule has 1 aromatic heterocycles. The Kier molecular flexibility index (Phi) is 5.16. The van der Waals surface area contributed by atoms with E-state index in [1.54, 1.807) is 0 Å². The van der Waals surface area contributed by atoms with E-state index in [0.29, 0.717) is 0 Å². The number of hydrazine groups is 1. The quantitative estimate of drug-likeness (QED) is 0.635. The second-order valence-corrected chi connectivity index (χ2v) is 6.78. The summed E-state index contributed by atoms with van der Waals surface area (Å²) in [6, 6.07) is 10.9. The van der Waals surface area contributed by atoms with Gasteiger partial charge in [-0.15, -0.1) is 11.3 Å². The van der Waals surface area contributed by atoms with Gasteiger partial charge in [-0.05, 0) is 37.1 Å². The molecule has 19 heavy (non-hydrogen) atoms. The predicted octanol–water partition coefficient (Wildman–Crippen LogP) is 4.13. The van der Waals surface area contributed by atoms with Gasteiger partial charge in [-0.1, -0.05) is 40.5 Å². The highest BCUT2D eigenvalue weighted by atomic mass is 79.9. The number of nitrogens with two attached hydrogens (primary N) is 1. The molecule has 0 fully saturated rings. The largest absolute Gasteiger partial charge is 0.271 e. The summed E-state index contributed by atoms with van der Waals surface area (Å²) in [6.45, 7) is 4.29. The SMILES string of the molecule is CCc1ccc(CC(NN)c2cc(C)ccc2Br)s1. The molecule has 0 saturated carbocycles. The molecule has 2 rings (SSSR count). The molecular weight excluding hydrogens is 320 g/mol. The van der Waals surface area contributed by atoms with Gasteiger partial charge in [0.25, 0.3) is 0 Å². The molecule has 0 amide bonds. The zero-order chi connectivity index (χ0) is 13.8. The van der Waals surface area contributed by atoms with Gasteiger partial charge in [0, 0.05) is 20.6 Å². The maximum absolute atomic E-state index is 5.74. The van der Waals surface area contributed by atoms with Gasteiger partial charge < -0.3 is 0 Å². The molecule has 1 heterocycles. The molecular formula is C15H19BrN2S. The highest BCUT2D eigenvalue weighted by Crippen LogP contribution is 2.29. The normalized spacial score (nSPS) is 12.6. The molecule has 2 aromatic rings. The molecule has 0 aliphatic heterocycles. The minimum atomic E-state index is 0.137. The van der Waals surface area contributed by atoms with Gasteiger partial charge in [0.15, 0.2) is 0 Å². The number of aryl methyl sites for hydroxylation is 2. The fraction of sp³-hybridized carbons (Fsp3) is 0.333. The van der Waals surface area contributed by atoms with Crippen LogP contribution in [0, 0.1) is 6.92 Å². The Morgan fingerprint density at radius 3 is 2.63 bits per heavy atom. The predicted molar refractivity (Wildman–Crippen MR) is 86.3 cm³/mol. The lowest BCUT2D eigenvalue weighted by Crippen LogP contribution is -2.29. The van der Waals surface area contributed by atoms with Crippen molar-refractivity contribution in [2.75, 3.05) is 0 Å². The Bertz CT molecular complexity index is 551. The molecule has 0 spiro atoms. The van der Waals surface area contributed by atoms with Crippen molar-refractivity contribution in [2.45, 2.75) is 32.7 Å². The minimum absolute atomic E-state index is 0.137. The average Bonchev–Trinajstić information content (AvgIpc) is 2.87. The third-order valence-electron chi connectivity index (χ3n) is 3.20. The number of rotatable bonds is 5. The molecule has 0 aliphatic carbocycles. The number of hydrogen-bond acceptors (Lipinski definition) is 3. The van der Waals surface area contributed by atoms with Crippen LogP contribution in [-0.4, -0.2) is 0 Å². The van der Waals surface area contributed by atoms with E-state index in [1.165, 1.54) is 20.9 Å². The van der Waals surface area contributed by atoms with Crippen LogP contribution < -0.4 is 11.3 Å². The van der Waals surface area contributed by atoms with Crippen molar-refractivity contribution in [3.05, 3.63) is 55.7 Å². The summed E-state index contributed by atoms with van der Waals surface area (Å²) in [5.74, 6) is 5.74. The van der Waals surface area contributed by atoms with Crippen LogP contribution in [0.25, 0.3) is 0 Å². The van der Waals surface area contributed by atoms with E-state index < -0.39 is 0 Å². The first kappa shape index (κ1) is 14.7. The Morgan fingerprint density at radius 1 is 1.26 bits per heavy atom. The first-order valence-corrected chi connectivity index (χ1v) is 8.04. The fourth-order valence-corrected chi connectivity index (χ4v) is 3.64. The van der Waals surface area contributed by atoms with Gasteiger partial charge in [0.1, 0.15) is 0 Å². The molecule has 0 aliphatic rings. The Morgan fingerprint density at radius 2 is 2.00 bits per heavy atom. The van der Waals surface area contributed by atoms with Crippen LogP contribution in [0.15, 0.2) is 34.8 Å². The lowest BCUT2D eigenvalue weighted by molar-refractivity contribution is 0.553. The number of thiophene rings is 1. The van der Waals surface area contributed by atoms with Gasteiger partial charge in [-0.3, -0.25) is 11.3 Å². The molecule has 1 aromatic carbocycles. The van der Waals surface area contributed by atoms with Crippen molar-refractivity contribution >= 4 is 27.3 Å². The Hall–Kier alpha value is -0.680. The molecule has 1 unspecified atom stereocenters. The zero-order valence-corrected chi connectivity index (χ0v) is 13.6. The van der Waals surface area contributed by atoms with Crippen molar-refractivity contribution in [1.29, 1.82) is 0 Å². The molecule has 3 N–H and O–H groups in total. The van der Waals surface area contributed by atoms with Gasteiger partial charge in [-0.2, -0.15) is 0 Å². The molecule has 102 valence electrons. The Labute approximate surface area is 127 Å². The maximum Gasteiger partial charge on any atom is 0.0519 e. The van der Waals surface area contributed by atoms with Crippen molar-refractivity contribution < 1.29 is 0 Å². The lowest BCUT2D eigenvalue weighted by Gasteiger charge is -2.17. The zero-order valence-electron chi connectivity index (χ0n) is 11.2. The van der Waals surface area contributed by atoms with E-state index in [4.69, 9.17) is 5.84 Å². The summed E-state index contributed by atoms with van der Waals surface area (Å²) in [6.07, 6.45) is 2.02. The van der Waals surface area contributed by atoms with Crippen molar-refractivity contribution in [2.24, 2.45) is 5.84 Å². The monoisotopic (exact) mass is 338 g/mol. The summed E-state index contributed by atoms with van der Waals surface area (Å²) >= 11 is 5.48. The van der Waals surface area contributed by atoms with Crippen molar-refractivity contribution in [1.82, 2.24) is 5.43 Å². The smallest absolute Gasteiger partial charge is 0.0519 e. The van der Waals surface area contributed by atoms with E-state index in [2.05, 4.69) is 65.5 Å². The maximum atomic E-state index is 5.74. The fourth-order valence-electron chi connectivity index (χ4n) is 2.11. The molecule has 2 nitrogen and oxygen atoms in total. The first-order valence-electron chi connectivity index (χ1n) is 6.43. The van der Waals surface area contributed by atoms with Crippen LogP contribution in [0.1, 0.15) is 33.8 Å². The summed E-state index contributed by atoms with van der Waals surface area (Å²) in [7, 11) is 0. The van der Waals surface area contributed by atoms with Crippen molar-refractivity contribution in [3.63, 3.8) is 0 Å². The molecule has 0 bridgehead atoms. The van der Waals surface area contributed by atoms with E-state index in [0.717, 1.165) is 17.3 Å². The molecule has 0 saturated heterocycles. The van der Waals surface area contributed by atoms with Crippen LogP contribution in [0.4, 0.5) is 0 Å². The first-order chi connectivity index (χ1) is 9.13. The van der Waals surface area contributed by atoms with Gasteiger partial charge in [0.05, 0.1) is 6.04 Å². The number of halogens is 1. The lowest BCUT2D eigenvalue weighted by atomic mass is 10.0. The van der Waals surface area contributed by atoms with Crippen LogP contribution >= 0.6 is 27.3 Å². The molecule has 0 radical (unpaired) electrons. The minimum Gasteiger partial charge on any atom is -0.271 e. The second-order valence-electron chi connectivity index (χ2n) is 4.67. The standard InChI is InChI=1S/C15H19BrN2S/c1-3-11-5-6-12(19-11)9-15(18-17)13-8-10(2)4-7-14(13)16/h4-8,15,18H,3,9,17H2,1-2H3. The van der Waals surface area contributed by atoms with E-state index in [-0.39, 0.29) is 6.04 Å². The van der Waals surface area contributed by atoms with Crippen LogP contribution in [0.5, 0.6) is 0 Å². The van der Waals surface area contributed by atoms with E-state index in [1.807, 2.05) is 11.3 Å². The highest BCUT2D eigenvalue weighted by Gasteiger charge is 2.15.